The molecule has 0 unspecified atom stereocenters. The third-order valence-electron chi connectivity index (χ3n) is 3.53. The summed E-state index contributed by atoms with van der Waals surface area (Å²) in [6.45, 7) is 5.88. The Kier molecular flexibility index (Phi) is 2.41. The first kappa shape index (κ1) is 9.20. The molecule has 0 aromatic carbocycles. The third-order valence-corrected chi connectivity index (χ3v) is 3.53. The van der Waals surface area contributed by atoms with E-state index < -0.39 is 0 Å². The number of likely N-dealkylation sites (tertiary alicyclic amines) is 1. The molecule has 2 fully saturated rings. The Balaban J connectivity index is 1.86. The van der Waals surface area contributed by atoms with E-state index in [-0.39, 0.29) is 5.92 Å². The van der Waals surface area contributed by atoms with E-state index in [1.807, 2.05) is 13.8 Å². The fraction of sp³-hybridized carbons (Fsp3) is 0.909. The zero-order valence-electron chi connectivity index (χ0n) is 8.62. The number of hydrogen-bond donors (Lipinski definition) is 0. The summed E-state index contributed by atoms with van der Waals surface area (Å²) < 4.78 is 0. The van der Waals surface area contributed by atoms with E-state index in [0.717, 1.165) is 12.0 Å². The van der Waals surface area contributed by atoms with Crippen molar-refractivity contribution in [3.8, 4) is 0 Å². The number of ketones is 1. The van der Waals surface area contributed by atoms with Crippen molar-refractivity contribution in [2.75, 3.05) is 13.1 Å². The van der Waals surface area contributed by atoms with Crippen LogP contribution in [0.4, 0.5) is 0 Å². The van der Waals surface area contributed by atoms with Crippen LogP contribution in [0.1, 0.15) is 33.1 Å². The average Bonchev–Trinajstić information content (AvgIpc) is 2.64. The summed E-state index contributed by atoms with van der Waals surface area (Å²) in [5.74, 6) is 1.52. The second-order valence-electron chi connectivity index (χ2n) is 4.88. The number of nitrogens with zero attached hydrogens (tertiary/aromatic N) is 1. The van der Waals surface area contributed by atoms with Gasteiger partial charge in [-0.1, -0.05) is 13.8 Å². The highest BCUT2D eigenvalue weighted by Gasteiger charge is 2.38. The van der Waals surface area contributed by atoms with Gasteiger partial charge in [0, 0.05) is 18.5 Å². The zero-order chi connectivity index (χ0) is 9.42. The first-order chi connectivity index (χ1) is 6.16. The molecule has 0 N–H and O–H groups in total. The molecule has 74 valence electrons. The summed E-state index contributed by atoms with van der Waals surface area (Å²) in [7, 11) is 0. The highest BCUT2D eigenvalue weighted by Crippen LogP contribution is 2.37. The third kappa shape index (κ3) is 1.78. The molecule has 2 aliphatic rings. The van der Waals surface area contributed by atoms with Gasteiger partial charge in [-0.15, -0.1) is 0 Å². The second kappa shape index (κ2) is 3.41. The molecule has 0 spiro atoms. The number of piperidine rings is 1. The van der Waals surface area contributed by atoms with E-state index in [1.165, 1.54) is 25.8 Å². The summed E-state index contributed by atoms with van der Waals surface area (Å²) in [4.78, 5) is 13.9. The van der Waals surface area contributed by atoms with Gasteiger partial charge in [0.1, 0.15) is 5.78 Å². The van der Waals surface area contributed by atoms with Crippen molar-refractivity contribution in [2.45, 2.75) is 39.2 Å². The van der Waals surface area contributed by atoms with Crippen LogP contribution in [0.25, 0.3) is 0 Å². The van der Waals surface area contributed by atoms with Gasteiger partial charge in [-0.2, -0.15) is 0 Å². The molecule has 13 heavy (non-hydrogen) atoms. The van der Waals surface area contributed by atoms with Crippen molar-refractivity contribution in [1.29, 1.82) is 0 Å². The van der Waals surface area contributed by atoms with Crippen molar-refractivity contribution in [3.05, 3.63) is 0 Å². The van der Waals surface area contributed by atoms with Gasteiger partial charge in [-0.3, -0.25) is 9.69 Å². The minimum absolute atomic E-state index is 0.208. The number of Topliss-reactive ketones (excluding diaryl/α,β-unsaturated/α-hetero) is 1. The molecule has 2 bridgehead atoms. The van der Waals surface area contributed by atoms with Crippen molar-refractivity contribution in [1.82, 2.24) is 4.90 Å². The van der Waals surface area contributed by atoms with E-state index in [2.05, 4.69) is 4.90 Å². The van der Waals surface area contributed by atoms with Crippen LogP contribution in [0, 0.1) is 11.8 Å². The number of fused-ring (bicyclic) bond motifs is 2. The quantitative estimate of drug-likeness (QED) is 0.660. The molecule has 2 atom stereocenters. The molecule has 1 saturated heterocycles. The van der Waals surface area contributed by atoms with Crippen LogP contribution in [-0.2, 0) is 4.79 Å². The predicted molar refractivity (Wildman–Crippen MR) is 52.5 cm³/mol. The molecule has 0 radical (unpaired) electrons. The Labute approximate surface area is 80.3 Å². The largest absolute Gasteiger partial charge is 0.298 e. The smallest absolute Gasteiger partial charge is 0.149 e. The topological polar surface area (TPSA) is 20.3 Å². The standard InChI is InChI=1S/C11H19NO/c1-8(2)11(13)7-12-6-9-3-4-10(12)5-9/h8-10H,3-7H2,1-2H3/t9-,10+/m0/s1. The van der Waals surface area contributed by atoms with Crippen molar-refractivity contribution in [3.63, 3.8) is 0 Å². The lowest BCUT2D eigenvalue weighted by molar-refractivity contribution is -0.123. The zero-order valence-corrected chi connectivity index (χ0v) is 8.62. The van der Waals surface area contributed by atoms with Crippen molar-refractivity contribution in [2.24, 2.45) is 11.8 Å². The van der Waals surface area contributed by atoms with Gasteiger partial charge >= 0.3 is 0 Å². The van der Waals surface area contributed by atoms with Gasteiger partial charge in [-0.25, -0.2) is 0 Å². The van der Waals surface area contributed by atoms with Gasteiger partial charge < -0.3 is 0 Å². The Bertz CT molecular complexity index is 212. The number of rotatable bonds is 3. The van der Waals surface area contributed by atoms with E-state index in [9.17, 15) is 4.79 Å². The summed E-state index contributed by atoms with van der Waals surface area (Å²) in [5, 5.41) is 0. The lowest BCUT2D eigenvalue weighted by Gasteiger charge is -2.26. The van der Waals surface area contributed by atoms with Crippen LogP contribution in [0.3, 0.4) is 0 Å². The Morgan fingerprint density at radius 1 is 1.46 bits per heavy atom. The van der Waals surface area contributed by atoms with Crippen LogP contribution >= 0.6 is 0 Å². The molecular formula is C11H19NO. The molecular weight excluding hydrogens is 162 g/mol. The summed E-state index contributed by atoms with van der Waals surface area (Å²) in [6.07, 6.45) is 4.08. The van der Waals surface area contributed by atoms with Crippen LogP contribution < -0.4 is 0 Å². The summed E-state index contributed by atoms with van der Waals surface area (Å²) in [5.41, 5.74) is 0. The average molecular weight is 181 g/mol. The minimum Gasteiger partial charge on any atom is -0.298 e. The first-order valence-corrected chi connectivity index (χ1v) is 5.43. The Hall–Kier alpha value is -0.370. The highest BCUT2D eigenvalue weighted by atomic mass is 16.1. The summed E-state index contributed by atoms with van der Waals surface area (Å²) >= 11 is 0. The maximum atomic E-state index is 11.5. The SMILES string of the molecule is CC(C)C(=O)CN1C[C@H]2CC[C@@H]1C2. The predicted octanol–water partition coefficient (Wildman–Crippen LogP) is 1.70. The van der Waals surface area contributed by atoms with Crippen molar-refractivity contribution >= 4 is 5.78 Å². The molecule has 1 aliphatic carbocycles. The summed E-state index contributed by atoms with van der Waals surface area (Å²) in [6, 6.07) is 0.743. The molecule has 2 nitrogen and oxygen atoms in total. The maximum absolute atomic E-state index is 11.5. The lowest BCUT2D eigenvalue weighted by atomic mass is 10.1. The first-order valence-electron chi connectivity index (χ1n) is 5.43. The Morgan fingerprint density at radius 2 is 2.23 bits per heavy atom. The molecule has 0 aromatic heterocycles. The fourth-order valence-corrected chi connectivity index (χ4v) is 2.60. The molecule has 2 rings (SSSR count). The maximum Gasteiger partial charge on any atom is 0.149 e. The monoisotopic (exact) mass is 181 g/mol. The number of carbonyl (C=O) groups is 1. The van der Waals surface area contributed by atoms with Crippen LogP contribution in [-0.4, -0.2) is 29.8 Å². The van der Waals surface area contributed by atoms with Gasteiger partial charge in [0.2, 0.25) is 0 Å². The lowest BCUT2D eigenvalue weighted by Crippen LogP contribution is -2.37. The van der Waals surface area contributed by atoms with E-state index in [0.29, 0.717) is 12.3 Å². The Morgan fingerprint density at radius 3 is 2.69 bits per heavy atom. The van der Waals surface area contributed by atoms with E-state index in [1.54, 1.807) is 0 Å². The van der Waals surface area contributed by atoms with Crippen LogP contribution in [0.2, 0.25) is 0 Å². The van der Waals surface area contributed by atoms with E-state index >= 15 is 0 Å². The molecule has 2 heteroatoms. The van der Waals surface area contributed by atoms with E-state index in [4.69, 9.17) is 0 Å². The molecule has 0 amide bonds. The fourth-order valence-electron chi connectivity index (χ4n) is 2.60. The van der Waals surface area contributed by atoms with Crippen molar-refractivity contribution < 1.29 is 4.79 Å². The number of carbonyl (C=O) groups excluding carboxylic acids is 1. The molecule has 1 heterocycles. The molecule has 1 saturated carbocycles. The highest BCUT2D eigenvalue weighted by molar-refractivity contribution is 5.82. The van der Waals surface area contributed by atoms with Crippen LogP contribution in [0.15, 0.2) is 0 Å². The number of hydrogen-bond acceptors (Lipinski definition) is 2. The van der Waals surface area contributed by atoms with Gasteiger partial charge in [0.05, 0.1) is 6.54 Å². The normalized spacial score (nSPS) is 33.2. The molecule has 1 aliphatic heterocycles. The second-order valence-corrected chi connectivity index (χ2v) is 4.88. The van der Waals surface area contributed by atoms with Gasteiger partial charge in [-0.05, 0) is 25.2 Å². The van der Waals surface area contributed by atoms with Gasteiger partial charge in [0.25, 0.3) is 0 Å². The minimum atomic E-state index is 0.208. The van der Waals surface area contributed by atoms with Gasteiger partial charge in [0.15, 0.2) is 0 Å². The van der Waals surface area contributed by atoms with Crippen LogP contribution in [0.5, 0.6) is 0 Å². The molecule has 0 aromatic rings.